The Morgan fingerprint density at radius 2 is 1.90 bits per heavy atom. The maximum atomic E-state index is 12.2. The lowest BCUT2D eigenvalue weighted by Crippen LogP contribution is -2.29. The lowest BCUT2D eigenvalue weighted by Gasteiger charge is -2.10. The fourth-order valence-corrected chi connectivity index (χ4v) is 2.85. The number of hydrogen-bond acceptors (Lipinski definition) is 4. The van der Waals surface area contributed by atoms with E-state index in [-0.39, 0.29) is 11.1 Å². The highest BCUT2D eigenvalue weighted by Crippen LogP contribution is 2.32. The van der Waals surface area contributed by atoms with E-state index in [1.54, 1.807) is 6.08 Å². The van der Waals surface area contributed by atoms with Gasteiger partial charge in [-0.3, -0.25) is 14.5 Å². The Balaban J connectivity index is 2.10. The second-order valence-corrected chi connectivity index (χ2v) is 5.68. The van der Waals surface area contributed by atoms with Crippen molar-refractivity contribution < 1.29 is 14.3 Å². The highest BCUT2D eigenvalue weighted by molar-refractivity contribution is 8.18. The smallest absolute Gasteiger partial charge is 0.293 e. The first-order chi connectivity index (χ1) is 10.2. The molecule has 1 fully saturated rings. The van der Waals surface area contributed by atoms with Crippen molar-refractivity contribution in [3.8, 4) is 5.75 Å². The minimum absolute atomic E-state index is 0.175. The van der Waals surface area contributed by atoms with Gasteiger partial charge in [0.2, 0.25) is 0 Å². The Morgan fingerprint density at radius 3 is 2.52 bits per heavy atom. The lowest BCUT2D eigenvalue weighted by molar-refractivity contribution is -0.122. The minimum atomic E-state index is -0.188. The van der Waals surface area contributed by atoms with Crippen molar-refractivity contribution in [1.29, 1.82) is 0 Å². The summed E-state index contributed by atoms with van der Waals surface area (Å²) in [6, 6.07) is 7.48. The number of carbonyl (C=O) groups excluding carboxylic acids is 2. The third-order valence-corrected chi connectivity index (χ3v) is 4.01. The average molecular weight is 305 g/mol. The predicted octanol–water partition coefficient (Wildman–Crippen LogP) is 3.92. The maximum absolute atomic E-state index is 12.2. The molecule has 0 radical (unpaired) electrons. The van der Waals surface area contributed by atoms with E-state index in [9.17, 15) is 9.59 Å². The van der Waals surface area contributed by atoms with Crippen LogP contribution >= 0.6 is 11.8 Å². The van der Waals surface area contributed by atoms with Crippen LogP contribution in [0.3, 0.4) is 0 Å². The Hall–Kier alpha value is -1.75. The van der Waals surface area contributed by atoms with Gasteiger partial charge < -0.3 is 4.74 Å². The molecule has 0 atom stereocenters. The Kier molecular flexibility index (Phi) is 5.44. The number of unbranched alkanes of at least 4 members (excludes halogenated alkanes) is 1. The summed E-state index contributed by atoms with van der Waals surface area (Å²) < 4.78 is 5.38. The van der Waals surface area contributed by atoms with Gasteiger partial charge in [0.25, 0.3) is 11.1 Å². The second-order valence-electron chi connectivity index (χ2n) is 4.69. The van der Waals surface area contributed by atoms with E-state index in [4.69, 9.17) is 4.74 Å². The van der Waals surface area contributed by atoms with E-state index >= 15 is 0 Å². The molecular formula is C16H19NO3S. The third kappa shape index (κ3) is 3.88. The molecule has 1 aromatic rings. The van der Waals surface area contributed by atoms with E-state index in [2.05, 4.69) is 0 Å². The molecule has 112 valence electrons. The molecule has 1 saturated heterocycles. The molecule has 0 aliphatic carbocycles. The van der Waals surface area contributed by atoms with Crippen LogP contribution in [0.4, 0.5) is 4.79 Å². The Bertz CT molecular complexity index is 551. The number of thioether (sulfide) groups is 1. The molecular weight excluding hydrogens is 286 g/mol. The molecule has 1 aliphatic heterocycles. The van der Waals surface area contributed by atoms with Crippen molar-refractivity contribution in [2.45, 2.75) is 26.7 Å². The van der Waals surface area contributed by atoms with Crippen molar-refractivity contribution >= 4 is 29.0 Å². The number of hydrogen-bond donors (Lipinski definition) is 0. The molecule has 2 amide bonds. The molecule has 0 unspecified atom stereocenters. The number of imide groups is 1. The molecule has 0 saturated carbocycles. The van der Waals surface area contributed by atoms with Gasteiger partial charge in [-0.1, -0.05) is 25.5 Å². The van der Waals surface area contributed by atoms with Gasteiger partial charge in [0.1, 0.15) is 5.75 Å². The molecule has 1 heterocycles. The zero-order valence-corrected chi connectivity index (χ0v) is 13.1. The van der Waals surface area contributed by atoms with Crippen LogP contribution in [0.1, 0.15) is 32.3 Å². The van der Waals surface area contributed by atoms with Crippen molar-refractivity contribution in [1.82, 2.24) is 4.90 Å². The summed E-state index contributed by atoms with van der Waals surface area (Å²) in [6.07, 6.45) is 3.56. The van der Waals surface area contributed by atoms with Gasteiger partial charge in [-0.05, 0) is 48.9 Å². The highest BCUT2D eigenvalue weighted by Gasteiger charge is 2.34. The number of carbonyl (C=O) groups is 2. The largest absolute Gasteiger partial charge is 0.494 e. The highest BCUT2D eigenvalue weighted by atomic mass is 32.2. The van der Waals surface area contributed by atoms with Crippen LogP contribution in [0.25, 0.3) is 6.08 Å². The SMILES string of the molecule is CCCCN1C(=O)S/C(=C\c2ccc(OCC)cc2)C1=O. The summed E-state index contributed by atoms with van der Waals surface area (Å²) in [5.41, 5.74) is 0.888. The van der Waals surface area contributed by atoms with Gasteiger partial charge in [-0.25, -0.2) is 0 Å². The van der Waals surface area contributed by atoms with E-state index < -0.39 is 0 Å². The standard InChI is InChI=1S/C16H19NO3S/c1-3-5-10-17-15(18)14(21-16(17)19)11-12-6-8-13(9-7-12)20-4-2/h6-9,11H,3-5,10H2,1-2H3/b14-11-. The molecule has 2 rings (SSSR count). The summed E-state index contributed by atoms with van der Waals surface area (Å²) in [5.74, 6) is 0.609. The van der Waals surface area contributed by atoms with Crippen molar-refractivity contribution in [3.05, 3.63) is 34.7 Å². The van der Waals surface area contributed by atoms with E-state index in [1.165, 1.54) is 4.90 Å². The number of nitrogens with zero attached hydrogens (tertiary/aromatic N) is 1. The molecule has 0 N–H and O–H groups in total. The van der Waals surface area contributed by atoms with Crippen LogP contribution < -0.4 is 4.74 Å². The predicted molar refractivity (Wildman–Crippen MR) is 85.2 cm³/mol. The number of benzene rings is 1. The summed E-state index contributed by atoms with van der Waals surface area (Å²) in [7, 11) is 0. The molecule has 1 aromatic carbocycles. The van der Waals surface area contributed by atoms with Crippen LogP contribution in [-0.4, -0.2) is 29.2 Å². The summed E-state index contributed by atoms with van der Waals surface area (Å²) in [5, 5.41) is -0.175. The molecule has 0 spiro atoms. The fraction of sp³-hybridized carbons (Fsp3) is 0.375. The van der Waals surface area contributed by atoms with Gasteiger partial charge >= 0.3 is 0 Å². The Morgan fingerprint density at radius 1 is 1.19 bits per heavy atom. The van der Waals surface area contributed by atoms with Crippen LogP contribution in [0, 0.1) is 0 Å². The number of ether oxygens (including phenoxy) is 1. The van der Waals surface area contributed by atoms with E-state index in [0.29, 0.717) is 18.1 Å². The topological polar surface area (TPSA) is 46.6 Å². The number of rotatable bonds is 6. The molecule has 1 aliphatic rings. The molecule has 5 heteroatoms. The van der Waals surface area contributed by atoms with Gasteiger partial charge in [0.05, 0.1) is 11.5 Å². The third-order valence-electron chi connectivity index (χ3n) is 3.10. The van der Waals surface area contributed by atoms with E-state index in [0.717, 1.165) is 35.9 Å². The first kappa shape index (κ1) is 15.6. The van der Waals surface area contributed by atoms with Gasteiger partial charge in [0, 0.05) is 6.54 Å². The van der Waals surface area contributed by atoms with Gasteiger partial charge in [-0.2, -0.15) is 0 Å². The molecule has 0 aromatic heterocycles. The zero-order valence-electron chi connectivity index (χ0n) is 12.3. The average Bonchev–Trinajstić information content (AvgIpc) is 2.74. The second kappa shape index (κ2) is 7.31. The number of amides is 2. The normalized spacial score (nSPS) is 16.9. The van der Waals surface area contributed by atoms with Crippen molar-refractivity contribution in [3.63, 3.8) is 0 Å². The van der Waals surface area contributed by atoms with Crippen LogP contribution in [0.15, 0.2) is 29.2 Å². The van der Waals surface area contributed by atoms with Crippen molar-refractivity contribution in [2.24, 2.45) is 0 Å². The molecule has 0 bridgehead atoms. The summed E-state index contributed by atoms with van der Waals surface area (Å²) in [4.78, 5) is 25.8. The first-order valence-electron chi connectivity index (χ1n) is 7.14. The van der Waals surface area contributed by atoms with Crippen LogP contribution in [0.2, 0.25) is 0 Å². The quantitative estimate of drug-likeness (QED) is 0.747. The molecule has 4 nitrogen and oxygen atoms in total. The van der Waals surface area contributed by atoms with Crippen molar-refractivity contribution in [2.75, 3.05) is 13.2 Å². The van der Waals surface area contributed by atoms with Gasteiger partial charge in [0.15, 0.2) is 0 Å². The summed E-state index contributed by atoms with van der Waals surface area (Å²) >= 11 is 1.01. The summed E-state index contributed by atoms with van der Waals surface area (Å²) in [6.45, 7) is 5.09. The molecule has 21 heavy (non-hydrogen) atoms. The minimum Gasteiger partial charge on any atom is -0.494 e. The maximum Gasteiger partial charge on any atom is 0.293 e. The first-order valence-corrected chi connectivity index (χ1v) is 7.95. The zero-order chi connectivity index (χ0) is 15.2. The van der Waals surface area contributed by atoms with Gasteiger partial charge in [-0.15, -0.1) is 0 Å². The van der Waals surface area contributed by atoms with E-state index in [1.807, 2.05) is 38.1 Å². The monoisotopic (exact) mass is 305 g/mol. The lowest BCUT2D eigenvalue weighted by atomic mass is 10.2. The fourth-order valence-electron chi connectivity index (χ4n) is 1.99. The van der Waals surface area contributed by atoms with Crippen LogP contribution in [-0.2, 0) is 4.79 Å². The Labute approximate surface area is 129 Å². The van der Waals surface area contributed by atoms with Crippen LogP contribution in [0.5, 0.6) is 5.75 Å².